The Morgan fingerprint density at radius 2 is 1.67 bits per heavy atom. The van der Waals surface area contributed by atoms with Crippen molar-refractivity contribution in [3.8, 4) is 0 Å². The molecule has 1 fully saturated rings. The summed E-state index contributed by atoms with van der Waals surface area (Å²) in [5, 5.41) is 4.49. The SMILES string of the molecule is O=C(c1cc2n(n1)CCCN(Cc1ccccc1)C2=O)N1CCCCCC1. The van der Waals surface area contributed by atoms with Gasteiger partial charge in [-0.1, -0.05) is 43.2 Å². The smallest absolute Gasteiger partial charge is 0.274 e. The second-order valence-corrected chi connectivity index (χ2v) is 7.41. The second-order valence-electron chi connectivity index (χ2n) is 7.41. The predicted octanol–water partition coefficient (Wildman–Crippen LogP) is 2.95. The van der Waals surface area contributed by atoms with Crippen LogP contribution in [0.4, 0.5) is 0 Å². The lowest BCUT2D eigenvalue weighted by Crippen LogP contribution is -2.32. The number of carbonyl (C=O) groups excluding carboxylic acids is 2. The lowest BCUT2D eigenvalue weighted by atomic mass is 10.2. The largest absolute Gasteiger partial charge is 0.337 e. The minimum Gasteiger partial charge on any atom is -0.337 e. The van der Waals surface area contributed by atoms with Gasteiger partial charge >= 0.3 is 0 Å². The number of aromatic nitrogens is 2. The number of amides is 2. The topological polar surface area (TPSA) is 58.4 Å². The average molecular weight is 366 g/mol. The highest BCUT2D eigenvalue weighted by atomic mass is 16.2. The molecular formula is C21H26N4O2. The van der Waals surface area contributed by atoms with Gasteiger partial charge in [-0.05, 0) is 24.8 Å². The Morgan fingerprint density at radius 1 is 0.926 bits per heavy atom. The molecule has 1 saturated heterocycles. The van der Waals surface area contributed by atoms with Crippen molar-refractivity contribution in [2.45, 2.75) is 45.2 Å². The first-order valence-corrected chi connectivity index (χ1v) is 9.93. The number of nitrogens with zero attached hydrogens (tertiary/aromatic N) is 4. The maximum Gasteiger partial charge on any atom is 0.274 e. The van der Waals surface area contributed by atoms with Gasteiger partial charge in [-0.25, -0.2) is 0 Å². The Morgan fingerprint density at radius 3 is 2.41 bits per heavy atom. The molecule has 2 aromatic rings. The van der Waals surface area contributed by atoms with E-state index in [1.54, 1.807) is 10.7 Å². The third kappa shape index (κ3) is 3.89. The van der Waals surface area contributed by atoms with Crippen molar-refractivity contribution >= 4 is 11.8 Å². The van der Waals surface area contributed by atoms with E-state index in [1.807, 2.05) is 40.1 Å². The van der Waals surface area contributed by atoms with E-state index >= 15 is 0 Å². The van der Waals surface area contributed by atoms with Crippen LogP contribution in [0.5, 0.6) is 0 Å². The molecule has 3 heterocycles. The maximum absolute atomic E-state index is 13.0. The van der Waals surface area contributed by atoms with Crippen LogP contribution < -0.4 is 0 Å². The van der Waals surface area contributed by atoms with Gasteiger partial charge in [0, 0.05) is 38.8 Å². The fourth-order valence-electron chi connectivity index (χ4n) is 3.93. The van der Waals surface area contributed by atoms with E-state index in [0.717, 1.165) is 37.9 Å². The minimum atomic E-state index is -0.0428. The van der Waals surface area contributed by atoms with Crippen molar-refractivity contribution < 1.29 is 9.59 Å². The molecule has 1 aromatic heterocycles. The zero-order valence-electron chi connectivity index (χ0n) is 15.6. The summed E-state index contributed by atoms with van der Waals surface area (Å²) in [6, 6.07) is 11.7. The Kier molecular flexibility index (Phi) is 5.23. The molecule has 2 aliphatic rings. The molecule has 27 heavy (non-hydrogen) atoms. The van der Waals surface area contributed by atoms with Gasteiger partial charge in [0.2, 0.25) is 0 Å². The summed E-state index contributed by atoms with van der Waals surface area (Å²) in [5.74, 6) is -0.0846. The van der Waals surface area contributed by atoms with E-state index in [4.69, 9.17) is 0 Å². The zero-order valence-corrected chi connectivity index (χ0v) is 15.6. The molecule has 6 nitrogen and oxygen atoms in total. The van der Waals surface area contributed by atoms with Gasteiger partial charge in [-0.3, -0.25) is 14.3 Å². The third-order valence-electron chi connectivity index (χ3n) is 5.41. The molecule has 2 amide bonds. The molecule has 1 aromatic carbocycles. The van der Waals surface area contributed by atoms with Crippen LogP contribution in [0.1, 0.15) is 58.6 Å². The van der Waals surface area contributed by atoms with Crippen LogP contribution >= 0.6 is 0 Å². The van der Waals surface area contributed by atoms with Crippen LogP contribution in [0.25, 0.3) is 0 Å². The molecular weight excluding hydrogens is 340 g/mol. The van der Waals surface area contributed by atoms with Gasteiger partial charge < -0.3 is 9.80 Å². The minimum absolute atomic E-state index is 0.0418. The highest BCUT2D eigenvalue weighted by Crippen LogP contribution is 2.19. The van der Waals surface area contributed by atoms with Crippen LogP contribution in [0.2, 0.25) is 0 Å². The summed E-state index contributed by atoms with van der Waals surface area (Å²) < 4.78 is 1.72. The molecule has 0 atom stereocenters. The average Bonchev–Trinajstić information content (AvgIpc) is 2.85. The van der Waals surface area contributed by atoms with E-state index in [0.29, 0.717) is 31.0 Å². The summed E-state index contributed by atoms with van der Waals surface area (Å²) in [6.45, 7) is 3.52. The van der Waals surface area contributed by atoms with Crippen molar-refractivity contribution in [3.63, 3.8) is 0 Å². The number of hydrogen-bond donors (Lipinski definition) is 0. The quantitative estimate of drug-likeness (QED) is 0.839. The van der Waals surface area contributed by atoms with Crippen LogP contribution in [0.3, 0.4) is 0 Å². The van der Waals surface area contributed by atoms with Gasteiger partial charge in [0.15, 0.2) is 5.69 Å². The molecule has 0 aliphatic carbocycles. The van der Waals surface area contributed by atoms with E-state index in [9.17, 15) is 9.59 Å². The van der Waals surface area contributed by atoms with Gasteiger partial charge in [-0.2, -0.15) is 5.10 Å². The molecule has 2 aliphatic heterocycles. The lowest BCUT2D eigenvalue weighted by molar-refractivity contribution is 0.0744. The van der Waals surface area contributed by atoms with Crippen LogP contribution in [-0.4, -0.2) is 51.0 Å². The molecule has 0 radical (unpaired) electrons. The van der Waals surface area contributed by atoms with Gasteiger partial charge in [0.25, 0.3) is 11.8 Å². The van der Waals surface area contributed by atoms with Crippen LogP contribution in [-0.2, 0) is 13.1 Å². The number of hydrogen-bond acceptors (Lipinski definition) is 3. The Bertz CT molecular complexity index is 807. The predicted molar refractivity (Wildman–Crippen MR) is 102 cm³/mol. The van der Waals surface area contributed by atoms with Crippen LogP contribution in [0.15, 0.2) is 36.4 Å². The molecule has 0 bridgehead atoms. The Balaban J connectivity index is 1.53. The number of likely N-dealkylation sites (tertiary alicyclic amines) is 1. The maximum atomic E-state index is 13.0. The zero-order chi connectivity index (χ0) is 18.6. The van der Waals surface area contributed by atoms with E-state index < -0.39 is 0 Å². The normalized spacial score (nSPS) is 18.0. The first-order chi connectivity index (χ1) is 13.2. The Hall–Kier alpha value is -2.63. The van der Waals surface area contributed by atoms with E-state index in [2.05, 4.69) is 5.10 Å². The molecule has 0 spiro atoms. The third-order valence-corrected chi connectivity index (χ3v) is 5.41. The number of aryl methyl sites for hydroxylation is 1. The summed E-state index contributed by atoms with van der Waals surface area (Å²) >= 11 is 0. The van der Waals surface area contributed by atoms with E-state index in [1.165, 1.54) is 12.8 Å². The number of fused-ring (bicyclic) bond motifs is 1. The van der Waals surface area contributed by atoms with Gasteiger partial charge in [0.1, 0.15) is 5.69 Å². The first-order valence-electron chi connectivity index (χ1n) is 9.93. The Labute approximate surface area is 159 Å². The second kappa shape index (κ2) is 7.94. The molecule has 0 N–H and O–H groups in total. The van der Waals surface area contributed by atoms with Crippen molar-refractivity contribution in [3.05, 3.63) is 53.3 Å². The number of rotatable bonds is 3. The van der Waals surface area contributed by atoms with Crippen LogP contribution in [0, 0.1) is 0 Å². The molecule has 142 valence electrons. The highest BCUT2D eigenvalue weighted by Gasteiger charge is 2.28. The fourth-order valence-corrected chi connectivity index (χ4v) is 3.93. The summed E-state index contributed by atoms with van der Waals surface area (Å²) in [6.07, 6.45) is 5.28. The highest BCUT2D eigenvalue weighted by molar-refractivity contribution is 5.98. The summed E-state index contributed by atoms with van der Waals surface area (Å²) in [4.78, 5) is 29.7. The summed E-state index contributed by atoms with van der Waals surface area (Å²) in [5.41, 5.74) is 2.04. The number of benzene rings is 1. The van der Waals surface area contributed by atoms with Crippen molar-refractivity contribution in [1.29, 1.82) is 0 Å². The summed E-state index contributed by atoms with van der Waals surface area (Å²) in [7, 11) is 0. The van der Waals surface area contributed by atoms with Crippen molar-refractivity contribution in [1.82, 2.24) is 19.6 Å². The molecule has 4 rings (SSSR count). The van der Waals surface area contributed by atoms with E-state index in [-0.39, 0.29) is 11.8 Å². The monoisotopic (exact) mass is 366 g/mol. The van der Waals surface area contributed by atoms with Gasteiger partial charge in [-0.15, -0.1) is 0 Å². The standard InChI is InChI=1S/C21H26N4O2/c26-20(23-11-6-1-2-7-12-23)18-15-19-21(27)24(13-8-14-25(19)22-18)16-17-9-4-3-5-10-17/h3-5,9-10,15H,1-2,6-8,11-14,16H2. The fraction of sp³-hybridized carbons (Fsp3) is 0.476. The number of carbonyl (C=O) groups is 2. The first kappa shape index (κ1) is 17.8. The van der Waals surface area contributed by atoms with Crippen molar-refractivity contribution in [2.24, 2.45) is 0 Å². The molecule has 0 unspecified atom stereocenters. The lowest BCUT2D eigenvalue weighted by Gasteiger charge is -2.20. The molecule has 6 heteroatoms. The molecule has 0 saturated carbocycles. The van der Waals surface area contributed by atoms with Crippen molar-refractivity contribution in [2.75, 3.05) is 19.6 Å². The van der Waals surface area contributed by atoms with Gasteiger partial charge in [0.05, 0.1) is 0 Å².